The molecule has 2 nitrogen and oxygen atoms in total. The first kappa shape index (κ1) is 14.5. The smallest absolute Gasteiger partial charge is 0.0645 e. The van der Waals surface area contributed by atoms with E-state index < -0.39 is 36.3 Å². The molecular formula is C42H28N2. The highest BCUT2D eigenvalue weighted by Gasteiger charge is 2.16. The van der Waals surface area contributed by atoms with Crippen LogP contribution >= 0.6 is 0 Å². The van der Waals surface area contributed by atoms with Gasteiger partial charge in [-0.1, -0.05) is 115 Å². The molecule has 2 aromatic heterocycles. The summed E-state index contributed by atoms with van der Waals surface area (Å²) in [4.78, 5) is 0. The molecule has 0 bridgehead atoms. The van der Waals surface area contributed by atoms with Gasteiger partial charge in [0.15, 0.2) is 0 Å². The van der Waals surface area contributed by atoms with Crippen LogP contribution in [0.15, 0.2) is 170 Å². The first-order chi connectivity index (χ1) is 27.6. The number of benzene rings is 7. The van der Waals surface area contributed by atoms with E-state index in [4.69, 9.17) is 17.8 Å². The van der Waals surface area contributed by atoms with Crippen LogP contribution in [0.2, 0.25) is 0 Å². The minimum absolute atomic E-state index is 0.0113. The highest BCUT2D eigenvalue weighted by atomic mass is 15.0. The van der Waals surface area contributed by atoms with Gasteiger partial charge >= 0.3 is 0 Å². The van der Waals surface area contributed by atoms with Crippen LogP contribution in [0.4, 0.5) is 0 Å². The normalized spacial score (nSPS) is 16.1. The van der Waals surface area contributed by atoms with Gasteiger partial charge in [0.25, 0.3) is 0 Å². The Morgan fingerprint density at radius 1 is 0.364 bits per heavy atom. The lowest BCUT2D eigenvalue weighted by Crippen LogP contribution is -1.96. The first-order valence-electron chi connectivity index (χ1n) is 21.0. The lowest BCUT2D eigenvalue weighted by atomic mass is 9.99. The molecule has 0 aliphatic rings. The maximum absolute atomic E-state index is 9.21. The molecule has 0 radical (unpaired) electrons. The van der Waals surface area contributed by atoms with Crippen molar-refractivity contribution in [3.63, 3.8) is 0 Å². The zero-order valence-electron chi connectivity index (χ0n) is 37.0. The Balaban J connectivity index is 1.30. The van der Waals surface area contributed by atoms with Crippen molar-refractivity contribution in [1.29, 1.82) is 0 Å². The SMILES string of the molecule is [2H]c1cc([2H])c(-c2c([2H])cc([2H])c(-c3cccc(-n4c5ccccc5c5cc(-n6c7c([2H])c([2H])c([2H])c([2H])c7c7c([2H])c([2H])c([2H])c([2H])c76)ccc54)c3)c2[2H])c([2H])c1. The summed E-state index contributed by atoms with van der Waals surface area (Å²) in [5.74, 6) is 0. The van der Waals surface area contributed by atoms with Crippen molar-refractivity contribution in [2.75, 3.05) is 0 Å². The van der Waals surface area contributed by atoms with Gasteiger partial charge in [0, 0.05) is 32.9 Å². The summed E-state index contributed by atoms with van der Waals surface area (Å²) < 4.78 is 124. The van der Waals surface area contributed by atoms with Crippen molar-refractivity contribution in [2.24, 2.45) is 0 Å². The van der Waals surface area contributed by atoms with Crippen LogP contribution in [-0.4, -0.2) is 9.13 Å². The van der Waals surface area contributed by atoms with Crippen molar-refractivity contribution in [3.8, 4) is 33.6 Å². The van der Waals surface area contributed by atoms with E-state index in [2.05, 4.69) is 0 Å². The summed E-state index contributed by atoms with van der Waals surface area (Å²) in [7, 11) is 0. The maximum atomic E-state index is 9.21. The lowest BCUT2D eigenvalue weighted by molar-refractivity contribution is 1.17. The fourth-order valence-electron chi connectivity index (χ4n) is 5.98. The molecule has 0 saturated carbocycles. The van der Waals surface area contributed by atoms with Crippen molar-refractivity contribution >= 4 is 43.6 Å². The largest absolute Gasteiger partial charge is 0.309 e. The molecule has 7 aromatic carbocycles. The van der Waals surface area contributed by atoms with E-state index >= 15 is 0 Å². The number of rotatable bonds is 4. The van der Waals surface area contributed by atoms with E-state index in [-0.39, 0.29) is 86.8 Å². The van der Waals surface area contributed by atoms with Gasteiger partial charge in [-0.05, 0) is 76.8 Å². The summed E-state index contributed by atoms with van der Waals surface area (Å²) in [5.41, 5.74) is 3.35. The zero-order chi connectivity index (χ0) is 41.2. The van der Waals surface area contributed by atoms with Crippen LogP contribution in [0.25, 0.3) is 77.2 Å². The molecule has 9 rings (SSSR count). The fourth-order valence-corrected chi connectivity index (χ4v) is 5.98. The number of hydrogen-bond acceptors (Lipinski definition) is 0. The lowest BCUT2D eigenvalue weighted by Gasteiger charge is -2.12. The fraction of sp³-hybridized carbons (Fsp3) is 0. The number of aromatic nitrogens is 2. The van der Waals surface area contributed by atoms with Crippen molar-refractivity contribution < 1.29 is 19.2 Å². The number of fused-ring (bicyclic) bond motifs is 6. The summed E-state index contributed by atoms with van der Waals surface area (Å²) in [5, 5.41) is 1.51. The second-order valence-corrected chi connectivity index (χ2v) is 10.3. The van der Waals surface area contributed by atoms with Crippen molar-refractivity contribution in [3.05, 3.63) is 170 Å². The maximum Gasteiger partial charge on any atom is 0.0645 e. The van der Waals surface area contributed by atoms with Gasteiger partial charge in [-0.15, -0.1) is 0 Å². The van der Waals surface area contributed by atoms with Crippen LogP contribution in [0.5, 0.6) is 0 Å². The van der Waals surface area contributed by atoms with E-state index in [1.165, 1.54) is 22.8 Å². The van der Waals surface area contributed by atoms with Gasteiger partial charge in [0.1, 0.15) is 0 Å². The molecule has 0 amide bonds. The summed E-state index contributed by atoms with van der Waals surface area (Å²) in [6, 6.07) is 19.5. The summed E-state index contributed by atoms with van der Waals surface area (Å²) >= 11 is 0. The Kier molecular flexibility index (Phi) is 3.26. The molecule has 206 valence electrons. The minimum atomic E-state index is -0.517. The topological polar surface area (TPSA) is 9.86 Å². The molecule has 0 saturated heterocycles. The predicted octanol–water partition coefficient (Wildman–Crippen LogP) is 11.2. The summed E-state index contributed by atoms with van der Waals surface area (Å²) in [6.07, 6.45) is 0. The standard InChI is InChI=1S/C42H28N2/c1-2-12-29(13-3-1)30-14-10-15-31(26-30)32-16-11-17-33(27-32)43-41-23-9-6-20-37(41)38-28-34(24-25-42(38)43)44-39-21-7-4-18-35(39)36-19-5-8-22-40(36)44/h1-28H/i1D,4D,5D,7D,8D,12D,13D,14D,15D,18D,19D,21D,22D,26D. The molecule has 9 aromatic rings. The van der Waals surface area contributed by atoms with Gasteiger partial charge in [0.05, 0.1) is 41.3 Å². The molecule has 44 heavy (non-hydrogen) atoms. The molecule has 2 heterocycles. The second kappa shape index (κ2) is 9.86. The van der Waals surface area contributed by atoms with E-state index in [0.717, 1.165) is 21.8 Å². The van der Waals surface area contributed by atoms with E-state index in [1.54, 1.807) is 18.2 Å². The van der Waals surface area contributed by atoms with Crippen LogP contribution in [0, 0.1) is 0 Å². The molecule has 0 unspecified atom stereocenters. The van der Waals surface area contributed by atoms with E-state index in [9.17, 15) is 1.37 Å². The monoisotopic (exact) mass is 574 g/mol. The predicted molar refractivity (Wildman–Crippen MR) is 186 cm³/mol. The molecule has 0 spiro atoms. The quantitative estimate of drug-likeness (QED) is 0.198. The van der Waals surface area contributed by atoms with Gasteiger partial charge in [0.2, 0.25) is 0 Å². The Morgan fingerprint density at radius 3 is 1.80 bits per heavy atom. The third-order valence-electron chi connectivity index (χ3n) is 7.87. The van der Waals surface area contributed by atoms with E-state index in [1.807, 2.05) is 53.1 Å². The molecular weight excluding hydrogens is 532 g/mol. The number of nitrogens with zero attached hydrogens (tertiary/aromatic N) is 2. The third kappa shape index (κ3) is 3.82. The van der Waals surface area contributed by atoms with Crippen LogP contribution < -0.4 is 0 Å². The zero-order valence-corrected chi connectivity index (χ0v) is 23.0. The third-order valence-corrected chi connectivity index (χ3v) is 7.87. The molecule has 0 N–H and O–H groups in total. The van der Waals surface area contributed by atoms with Crippen molar-refractivity contribution in [1.82, 2.24) is 9.13 Å². The molecule has 0 fully saturated rings. The van der Waals surface area contributed by atoms with Crippen LogP contribution in [0.3, 0.4) is 0 Å². The average Bonchev–Trinajstić information content (AvgIpc) is 3.72. The molecule has 0 atom stereocenters. The van der Waals surface area contributed by atoms with Gasteiger partial charge < -0.3 is 9.13 Å². The summed E-state index contributed by atoms with van der Waals surface area (Å²) in [6.45, 7) is 0. The average molecular weight is 575 g/mol. The van der Waals surface area contributed by atoms with E-state index in [0.29, 0.717) is 16.9 Å². The second-order valence-electron chi connectivity index (χ2n) is 10.3. The Bertz CT molecular complexity index is 3190. The van der Waals surface area contributed by atoms with Crippen LogP contribution in [0.1, 0.15) is 19.2 Å². The minimum Gasteiger partial charge on any atom is -0.309 e. The van der Waals surface area contributed by atoms with Gasteiger partial charge in [-0.2, -0.15) is 0 Å². The van der Waals surface area contributed by atoms with Crippen molar-refractivity contribution in [2.45, 2.75) is 0 Å². The molecule has 2 heteroatoms. The van der Waals surface area contributed by atoms with Gasteiger partial charge in [-0.3, -0.25) is 0 Å². The Morgan fingerprint density at radius 2 is 1.00 bits per heavy atom. The molecule has 0 aliphatic heterocycles. The van der Waals surface area contributed by atoms with Crippen LogP contribution in [-0.2, 0) is 0 Å². The first-order valence-corrected chi connectivity index (χ1v) is 14.0. The Labute approximate surface area is 275 Å². The highest BCUT2D eigenvalue weighted by molar-refractivity contribution is 6.12. The Hall–Kier alpha value is -5.86. The molecule has 0 aliphatic carbocycles. The van der Waals surface area contributed by atoms with Gasteiger partial charge in [-0.25, -0.2) is 0 Å². The number of hydrogen-bond donors (Lipinski definition) is 0. The number of para-hydroxylation sites is 3. The highest BCUT2D eigenvalue weighted by Crippen LogP contribution is 2.37.